The van der Waals surface area contributed by atoms with Gasteiger partial charge >= 0.3 is 5.69 Å². The first-order chi connectivity index (χ1) is 13.9. The number of benzene rings is 1. The number of methoxy groups -OCH3 is 2. The van der Waals surface area contributed by atoms with Crippen LogP contribution in [0.3, 0.4) is 0 Å². The summed E-state index contributed by atoms with van der Waals surface area (Å²) in [6.07, 6.45) is 2.76. The Hall–Kier alpha value is -3.89. The number of fused-ring (bicyclic) bond motifs is 1. The fraction of sp³-hybridized carbons (Fsp3) is 0.278. The Morgan fingerprint density at radius 3 is 2.66 bits per heavy atom. The molecule has 3 aromatic rings. The summed E-state index contributed by atoms with van der Waals surface area (Å²) in [7, 11) is 5.94. The second kappa shape index (κ2) is 8.00. The van der Waals surface area contributed by atoms with Crippen LogP contribution < -0.4 is 26.1 Å². The SMILES string of the molecule is COc1ccc(OC)c(/C=N/NC(=O)Cn2cnc3c2c(=O)n(C)c(=O)n3C)c1. The molecule has 0 spiro atoms. The van der Waals surface area contributed by atoms with Crippen LogP contribution in [0.2, 0.25) is 0 Å². The Balaban J connectivity index is 1.80. The average molecular weight is 400 g/mol. The van der Waals surface area contributed by atoms with E-state index in [0.29, 0.717) is 17.1 Å². The summed E-state index contributed by atoms with van der Waals surface area (Å²) in [5.74, 6) is 0.706. The number of aromatic nitrogens is 4. The maximum atomic E-state index is 12.4. The van der Waals surface area contributed by atoms with Gasteiger partial charge in [0.15, 0.2) is 11.2 Å². The van der Waals surface area contributed by atoms with Gasteiger partial charge in [0, 0.05) is 19.7 Å². The zero-order valence-corrected chi connectivity index (χ0v) is 16.4. The zero-order valence-electron chi connectivity index (χ0n) is 16.4. The van der Waals surface area contributed by atoms with Gasteiger partial charge in [-0.25, -0.2) is 15.2 Å². The van der Waals surface area contributed by atoms with Crippen LogP contribution in [-0.4, -0.2) is 45.0 Å². The third kappa shape index (κ3) is 3.74. The van der Waals surface area contributed by atoms with E-state index < -0.39 is 17.2 Å². The van der Waals surface area contributed by atoms with Crippen LogP contribution in [0.4, 0.5) is 0 Å². The van der Waals surface area contributed by atoms with Gasteiger partial charge in [-0.2, -0.15) is 5.10 Å². The molecule has 1 aromatic carbocycles. The molecule has 2 heterocycles. The van der Waals surface area contributed by atoms with E-state index in [1.54, 1.807) is 25.3 Å². The summed E-state index contributed by atoms with van der Waals surface area (Å²) in [4.78, 5) is 40.7. The smallest absolute Gasteiger partial charge is 0.332 e. The Morgan fingerprint density at radius 1 is 1.21 bits per heavy atom. The number of nitrogens with one attached hydrogen (secondary N) is 1. The molecule has 0 bridgehead atoms. The molecule has 2 aromatic heterocycles. The van der Waals surface area contributed by atoms with Crippen molar-refractivity contribution in [3.63, 3.8) is 0 Å². The van der Waals surface area contributed by atoms with Crippen LogP contribution in [0.5, 0.6) is 11.5 Å². The van der Waals surface area contributed by atoms with Crippen molar-refractivity contribution >= 4 is 23.3 Å². The fourth-order valence-electron chi connectivity index (χ4n) is 2.82. The van der Waals surface area contributed by atoms with Gasteiger partial charge in [-0.05, 0) is 18.2 Å². The number of hydrogen-bond acceptors (Lipinski definition) is 7. The van der Waals surface area contributed by atoms with Gasteiger partial charge < -0.3 is 14.0 Å². The lowest BCUT2D eigenvalue weighted by molar-refractivity contribution is -0.121. The number of ether oxygens (including phenoxy) is 2. The van der Waals surface area contributed by atoms with Gasteiger partial charge in [0.25, 0.3) is 11.5 Å². The number of carbonyl (C=O) groups is 1. The summed E-state index contributed by atoms with van der Waals surface area (Å²) in [5.41, 5.74) is 2.34. The van der Waals surface area contributed by atoms with Gasteiger partial charge in [0.2, 0.25) is 0 Å². The summed E-state index contributed by atoms with van der Waals surface area (Å²) in [6.45, 7) is -0.198. The summed E-state index contributed by atoms with van der Waals surface area (Å²) >= 11 is 0. The molecule has 0 atom stereocenters. The van der Waals surface area contributed by atoms with Gasteiger partial charge in [0.1, 0.15) is 18.0 Å². The zero-order chi connectivity index (χ0) is 21.1. The Kier molecular flexibility index (Phi) is 5.48. The molecule has 0 radical (unpaired) electrons. The number of carbonyl (C=O) groups excluding carboxylic acids is 1. The number of nitrogens with zero attached hydrogens (tertiary/aromatic N) is 5. The van der Waals surface area contributed by atoms with Crippen molar-refractivity contribution in [2.24, 2.45) is 19.2 Å². The van der Waals surface area contributed by atoms with Crippen LogP contribution in [-0.2, 0) is 25.4 Å². The summed E-state index contributed by atoms with van der Waals surface area (Å²) < 4.78 is 14.0. The monoisotopic (exact) mass is 400 g/mol. The molecule has 29 heavy (non-hydrogen) atoms. The van der Waals surface area contributed by atoms with Crippen molar-refractivity contribution in [3.8, 4) is 11.5 Å². The predicted molar refractivity (Wildman–Crippen MR) is 105 cm³/mol. The van der Waals surface area contributed by atoms with E-state index in [4.69, 9.17) is 9.47 Å². The first kappa shape index (κ1) is 19.9. The van der Waals surface area contributed by atoms with Crippen LogP contribution in [0.25, 0.3) is 11.2 Å². The molecular weight excluding hydrogens is 380 g/mol. The van der Waals surface area contributed by atoms with Crippen LogP contribution in [0.1, 0.15) is 5.56 Å². The molecule has 0 saturated carbocycles. The molecule has 11 heteroatoms. The molecular formula is C18H20N6O5. The van der Waals surface area contributed by atoms with E-state index in [-0.39, 0.29) is 17.7 Å². The number of hydrazone groups is 1. The normalized spacial score (nSPS) is 11.2. The van der Waals surface area contributed by atoms with E-state index in [1.165, 1.54) is 42.9 Å². The first-order valence-electron chi connectivity index (χ1n) is 8.52. The molecule has 152 valence electrons. The summed E-state index contributed by atoms with van der Waals surface area (Å²) in [5, 5.41) is 3.93. The maximum Gasteiger partial charge on any atom is 0.332 e. The molecule has 3 rings (SSSR count). The first-order valence-corrected chi connectivity index (χ1v) is 8.52. The molecule has 0 aliphatic heterocycles. The highest BCUT2D eigenvalue weighted by molar-refractivity contribution is 5.86. The highest BCUT2D eigenvalue weighted by Crippen LogP contribution is 2.22. The molecule has 0 aliphatic rings. The van der Waals surface area contributed by atoms with E-state index in [9.17, 15) is 14.4 Å². The Morgan fingerprint density at radius 2 is 1.97 bits per heavy atom. The van der Waals surface area contributed by atoms with E-state index in [1.807, 2.05) is 0 Å². The number of hydrogen-bond donors (Lipinski definition) is 1. The minimum Gasteiger partial charge on any atom is -0.497 e. The predicted octanol–water partition coefficient (Wildman–Crippen LogP) is -0.399. The van der Waals surface area contributed by atoms with Gasteiger partial charge in [-0.1, -0.05) is 0 Å². The molecule has 11 nitrogen and oxygen atoms in total. The van der Waals surface area contributed by atoms with E-state index in [2.05, 4.69) is 15.5 Å². The van der Waals surface area contributed by atoms with Crippen LogP contribution >= 0.6 is 0 Å². The lowest BCUT2D eigenvalue weighted by Crippen LogP contribution is -2.38. The number of amides is 1. The minimum absolute atomic E-state index is 0.156. The highest BCUT2D eigenvalue weighted by Gasteiger charge is 2.15. The van der Waals surface area contributed by atoms with E-state index in [0.717, 1.165) is 4.57 Å². The molecule has 0 aliphatic carbocycles. The van der Waals surface area contributed by atoms with Gasteiger partial charge in [-0.15, -0.1) is 0 Å². The third-order valence-electron chi connectivity index (χ3n) is 4.36. The van der Waals surface area contributed by atoms with Crippen LogP contribution in [0, 0.1) is 0 Å². The second-order valence-corrected chi connectivity index (χ2v) is 6.15. The minimum atomic E-state index is -0.530. The number of rotatable bonds is 6. The van der Waals surface area contributed by atoms with Crippen molar-refractivity contribution < 1.29 is 14.3 Å². The van der Waals surface area contributed by atoms with Crippen molar-refractivity contribution in [1.29, 1.82) is 0 Å². The van der Waals surface area contributed by atoms with Crippen LogP contribution in [0.15, 0.2) is 39.2 Å². The van der Waals surface area contributed by atoms with E-state index >= 15 is 0 Å². The van der Waals surface area contributed by atoms with Crippen molar-refractivity contribution in [2.45, 2.75) is 6.54 Å². The third-order valence-corrected chi connectivity index (χ3v) is 4.36. The lowest BCUT2D eigenvalue weighted by Gasteiger charge is -2.07. The topological polar surface area (TPSA) is 122 Å². The highest BCUT2D eigenvalue weighted by atomic mass is 16.5. The largest absolute Gasteiger partial charge is 0.497 e. The fourth-order valence-corrected chi connectivity index (χ4v) is 2.82. The Labute approximate surface area is 164 Å². The Bertz CT molecular complexity index is 1220. The number of imidazole rings is 1. The number of aryl methyl sites for hydroxylation is 1. The maximum absolute atomic E-state index is 12.4. The average Bonchev–Trinajstić information content (AvgIpc) is 3.14. The van der Waals surface area contributed by atoms with Crippen molar-refractivity contribution in [2.75, 3.05) is 14.2 Å². The lowest BCUT2D eigenvalue weighted by atomic mass is 10.2. The van der Waals surface area contributed by atoms with Crippen molar-refractivity contribution in [3.05, 3.63) is 50.9 Å². The molecule has 0 saturated heterocycles. The summed E-state index contributed by atoms with van der Waals surface area (Å²) in [6, 6.07) is 5.18. The second-order valence-electron chi connectivity index (χ2n) is 6.15. The standard InChI is InChI=1S/C18H20N6O5/c1-22-16-15(17(26)23(2)18(22)27)24(10-19-16)9-14(25)21-20-8-11-7-12(28-3)5-6-13(11)29-4/h5-8,10H,9H2,1-4H3,(H,21,25)/b20-8+. The quantitative estimate of drug-likeness (QED) is 0.444. The molecule has 1 amide bonds. The van der Waals surface area contributed by atoms with Gasteiger partial charge in [0.05, 0.1) is 26.8 Å². The molecule has 0 fully saturated rings. The molecule has 1 N–H and O–H groups in total. The molecule has 0 unspecified atom stereocenters. The van der Waals surface area contributed by atoms with Gasteiger partial charge in [-0.3, -0.25) is 18.7 Å². The van der Waals surface area contributed by atoms with Crippen molar-refractivity contribution in [1.82, 2.24) is 24.1 Å².